The first-order valence-corrected chi connectivity index (χ1v) is 13.4. The van der Waals surface area contributed by atoms with Gasteiger partial charge in [0.05, 0.1) is 30.8 Å². The Morgan fingerprint density at radius 1 is 1.31 bits per heavy atom. The predicted molar refractivity (Wildman–Crippen MR) is 132 cm³/mol. The molecule has 0 aromatic rings. The van der Waals surface area contributed by atoms with Gasteiger partial charge in [-0.25, -0.2) is 0 Å². The molecule has 3 aliphatic rings. The second kappa shape index (κ2) is 11.0. The van der Waals surface area contributed by atoms with E-state index in [0.717, 1.165) is 12.8 Å². The maximum atomic E-state index is 14.2. The fourth-order valence-electron chi connectivity index (χ4n) is 6.71. The molecule has 35 heavy (non-hydrogen) atoms. The highest BCUT2D eigenvalue weighted by Gasteiger charge is 2.79. The maximum Gasteiger partial charge on any atom is 0.312 e. The lowest BCUT2D eigenvalue weighted by Gasteiger charge is -2.40. The molecule has 198 valence electrons. The van der Waals surface area contributed by atoms with Gasteiger partial charge in [0.15, 0.2) is 0 Å². The Balaban J connectivity index is 2.14. The normalized spacial score (nSPS) is 32.1. The van der Waals surface area contributed by atoms with Gasteiger partial charge in [-0.3, -0.25) is 14.4 Å². The number of aliphatic hydroxyl groups excluding tert-OH is 1. The molecule has 3 aliphatic heterocycles. The average Bonchev–Trinajstić information content (AvgIpc) is 3.43. The summed E-state index contributed by atoms with van der Waals surface area (Å²) < 4.78 is 12.2. The molecule has 3 saturated heterocycles. The van der Waals surface area contributed by atoms with Gasteiger partial charge in [-0.15, -0.1) is 6.58 Å². The number of fused-ring (bicyclic) bond motifs is 1. The summed E-state index contributed by atoms with van der Waals surface area (Å²) in [6, 6.07) is -1.42. The molecule has 3 heterocycles. The van der Waals surface area contributed by atoms with E-state index in [-0.39, 0.29) is 30.9 Å². The third-order valence-corrected chi connectivity index (χ3v) is 8.18. The first-order valence-electron chi connectivity index (χ1n) is 13.4. The van der Waals surface area contributed by atoms with Crippen LogP contribution in [0.5, 0.6) is 0 Å². The Hall–Kier alpha value is -1.93. The van der Waals surface area contributed by atoms with Crippen molar-refractivity contribution in [2.75, 3.05) is 26.3 Å². The monoisotopic (exact) mass is 492 g/mol. The van der Waals surface area contributed by atoms with Gasteiger partial charge in [0.1, 0.15) is 17.6 Å². The van der Waals surface area contributed by atoms with Gasteiger partial charge in [-0.1, -0.05) is 40.2 Å². The largest absolute Gasteiger partial charge is 0.466 e. The second-order valence-corrected chi connectivity index (χ2v) is 10.7. The Labute approximate surface area is 210 Å². The molecule has 1 spiro atoms. The summed E-state index contributed by atoms with van der Waals surface area (Å²) in [5.41, 5.74) is -1.91. The first kappa shape index (κ1) is 27.7. The van der Waals surface area contributed by atoms with Gasteiger partial charge in [0.25, 0.3) is 0 Å². The number of carbonyl (C=O) groups excluding carboxylic acids is 3. The Morgan fingerprint density at radius 2 is 2.03 bits per heavy atom. The number of ether oxygens (including phenoxy) is 2. The quantitative estimate of drug-likeness (QED) is 0.314. The highest BCUT2D eigenvalue weighted by Crippen LogP contribution is 2.65. The summed E-state index contributed by atoms with van der Waals surface area (Å²) in [6.07, 6.45) is 5.68. The van der Waals surface area contributed by atoms with Crippen LogP contribution >= 0.6 is 0 Å². The number of hydrogen-bond donors (Lipinski definition) is 1. The minimum Gasteiger partial charge on any atom is -0.466 e. The molecule has 1 N–H and O–H groups in total. The molecule has 2 amide bonds. The molecule has 8 heteroatoms. The molecule has 6 atom stereocenters. The van der Waals surface area contributed by atoms with Crippen molar-refractivity contribution in [1.29, 1.82) is 0 Å². The van der Waals surface area contributed by atoms with Crippen molar-refractivity contribution in [3.05, 3.63) is 12.7 Å². The van der Waals surface area contributed by atoms with E-state index in [9.17, 15) is 19.5 Å². The van der Waals surface area contributed by atoms with Gasteiger partial charge < -0.3 is 24.4 Å². The van der Waals surface area contributed by atoms with Gasteiger partial charge in [0.2, 0.25) is 11.8 Å². The van der Waals surface area contributed by atoms with E-state index in [1.54, 1.807) is 22.8 Å². The summed E-state index contributed by atoms with van der Waals surface area (Å²) in [5.74, 6) is -2.23. The summed E-state index contributed by atoms with van der Waals surface area (Å²) in [4.78, 5) is 45.0. The lowest BCUT2D eigenvalue weighted by Crippen LogP contribution is -2.59. The molecule has 0 saturated carbocycles. The van der Waals surface area contributed by atoms with Crippen LogP contribution in [0.15, 0.2) is 12.7 Å². The number of carbonyl (C=O) groups is 3. The number of hydrogen-bond acceptors (Lipinski definition) is 6. The van der Waals surface area contributed by atoms with Crippen molar-refractivity contribution < 1.29 is 29.0 Å². The number of unbranched alkanes of at least 4 members (excludes halogenated alkanes) is 1. The summed E-state index contributed by atoms with van der Waals surface area (Å²) in [7, 11) is 0. The average molecular weight is 493 g/mol. The SMILES string of the molecule is C=CCN(CCCC)C(=O)C1N([C@@H](CO)CC(C)C)C(=O)[C@@H]2[C@@H](C(=O)OCC)[C@@]3(CC)CCC12O3. The van der Waals surface area contributed by atoms with Crippen LogP contribution in [0.2, 0.25) is 0 Å². The van der Waals surface area contributed by atoms with Crippen LogP contribution < -0.4 is 0 Å². The maximum absolute atomic E-state index is 14.2. The van der Waals surface area contributed by atoms with Crippen LogP contribution in [0.4, 0.5) is 0 Å². The van der Waals surface area contributed by atoms with E-state index in [0.29, 0.717) is 38.8 Å². The van der Waals surface area contributed by atoms with Crippen molar-refractivity contribution in [3.63, 3.8) is 0 Å². The van der Waals surface area contributed by atoms with Gasteiger partial charge >= 0.3 is 5.97 Å². The molecule has 3 rings (SSSR count). The highest BCUT2D eigenvalue weighted by molar-refractivity contribution is 5.98. The Kier molecular flexibility index (Phi) is 8.69. The zero-order chi connectivity index (χ0) is 26.0. The molecule has 2 unspecified atom stereocenters. The van der Waals surface area contributed by atoms with E-state index < -0.39 is 41.1 Å². The third kappa shape index (κ3) is 4.52. The zero-order valence-corrected chi connectivity index (χ0v) is 22.1. The molecule has 0 aliphatic carbocycles. The minimum atomic E-state index is -1.10. The van der Waals surface area contributed by atoms with E-state index in [2.05, 4.69) is 13.5 Å². The van der Waals surface area contributed by atoms with Gasteiger partial charge in [0, 0.05) is 13.1 Å². The van der Waals surface area contributed by atoms with Crippen molar-refractivity contribution in [3.8, 4) is 0 Å². The van der Waals surface area contributed by atoms with Crippen LogP contribution in [-0.4, -0.2) is 82.3 Å². The van der Waals surface area contributed by atoms with Crippen LogP contribution in [0.3, 0.4) is 0 Å². The minimum absolute atomic E-state index is 0.187. The second-order valence-electron chi connectivity index (χ2n) is 10.7. The number of rotatable bonds is 13. The van der Waals surface area contributed by atoms with Crippen molar-refractivity contribution >= 4 is 17.8 Å². The summed E-state index contributed by atoms with van der Waals surface area (Å²) >= 11 is 0. The van der Waals surface area contributed by atoms with E-state index in [1.807, 2.05) is 20.8 Å². The lowest BCUT2D eigenvalue weighted by molar-refractivity contribution is -0.163. The fourth-order valence-corrected chi connectivity index (χ4v) is 6.71. The van der Waals surface area contributed by atoms with Crippen molar-refractivity contribution in [2.24, 2.45) is 17.8 Å². The summed E-state index contributed by atoms with van der Waals surface area (Å²) in [6.45, 7) is 14.5. The number of esters is 1. The third-order valence-electron chi connectivity index (χ3n) is 8.18. The van der Waals surface area contributed by atoms with E-state index in [1.165, 1.54) is 0 Å². The molecular formula is C27H44N2O6. The van der Waals surface area contributed by atoms with E-state index in [4.69, 9.17) is 9.47 Å². The molecule has 3 fully saturated rings. The molecular weight excluding hydrogens is 448 g/mol. The Morgan fingerprint density at radius 3 is 2.57 bits per heavy atom. The topological polar surface area (TPSA) is 96.4 Å². The molecule has 0 radical (unpaired) electrons. The molecule has 8 nitrogen and oxygen atoms in total. The number of amides is 2. The Bertz CT molecular complexity index is 815. The lowest BCUT2D eigenvalue weighted by atomic mass is 9.65. The molecule has 0 aromatic heterocycles. The smallest absolute Gasteiger partial charge is 0.312 e. The van der Waals surface area contributed by atoms with Gasteiger partial charge in [-0.05, 0) is 44.9 Å². The number of likely N-dealkylation sites (tertiary alicyclic amines) is 1. The predicted octanol–water partition coefficient (Wildman–Crippen LogP) is 2.93. The number of aliphatic hydroxyl groups is 1. The standard InChI is InChI=1S/C27H44N2O6/c1-7-11-15-28(14-8-2)24(32)22-27-13-12-26(9-3,35-27)21(25(33)34-10-4)20(27)23(31)29(22)19(17-30)16-18(5)6/h8,18-22,30H,2,7,9-17H2,1,3-6H3/t19-,20+,21+,22?,26-,27?/m1/s1. The zero-order valence-electron chi connectivity index (χ0n) is 22.1. The van der Waals surface area contributed by atoms with Crippen LogP contribution in [-0.2, 0) is 23.9 Å². The fraction of sp³-hybridized carbons (Fsp3) is 0.815. The van der Waals surface area contributed by atoms with E-state index >= 15 is 0 Å². The van der Waals surface area contributed by atoms with Crippen LogP contribution in [0.1, 0.15) is 73.1 Å². The number of nitrogens with zero attached hydrogens (tertiary/aromatic N) is 2. The van der Waals surface area contributed by atoms with Crippen LogP contribution in [0, 0.1) is 17.8 Å². The van der Waals surface area contributed by atoms with Crippen molar-refractivity contribution in [1.82, 2.24) is 9.80 Å². The van der Waals surface area contributed by atoms with Crippen LogP contribution in [0.25, 0.3) is 0 Å². The molecule has 2 bridgehead atoms. The van der Waals surface area contributed by atoms with Gasteiger partial charge in [-0.2, -0.15) is 0 Å². The highest BCUT2D eigenvalue weighted by atomic mass is 16.6. The molecule has 0 aromatic carbocycles. The summed E-state index contributed by atoms with van der Waals surface area (Å²) in [5, 5.41) is 10.4. The van der Waals surface area contributed by atoms with Crippen molar-refractivity contribution in [2.45, 2.75) is 96.4 Å². The first-order chi connectivity index (χ1) is 16.7.